The molecule has 0 unspecified atom stereocenters. The number of unbranched alkanes of at least 4 members (excludes halogenated alkanes) is 2. The summed E-state index contributed by atoms with van der Waals surface area (Å²) in [6, 6.07) is 0. The highest BCUT2D eigenvalue weighted by atomic mass is 14.1. The van der Waals surface area contributed by atoms with Gasteiger partial charge in [-0.15, -0.1) is 0 Å². The van der Waals surface area contributed by atoms with E-state index in [1.54, 1.807) is 5.57 Å². The SMILES string of the molecule is CCCC/C=C/C=C1CCCCC1. The largest absolute Gasteiger partial charge is 0.0845 e. The van der Waals surface area contributed by atoms with Crippen LogP contribution in [-0.4, -0.2) is 0 Å². The van der Waals surface area contributed by atoms with Gasteiger partial charge in [-0.25, -0.2) is 0 Å². The highest BCUT2D eigenvalue weighted by Crippen LogP contribution is 2.22. The standard InChI is InChI=1S/C13H22/c1-2-3-4-5-7-10-13-11-8-6-9-12-13/h5,7,10H,2-4,6,8-9,11-12H2,1H3/b7-5+. The van der Waals surface area contributed by atoms with Gasteiger partial charge < -0.3 is 0 Å². The molecule has 0 spiro atoms. The van der Waals surface area contributed by atoms with Crippen LogP contribution < -0.4 is 0 Å². The number of hydrogen-bond donors (Lipinski definition) is 0. The molecule has 1 aliphatic rings. The number of rotatable bonds is 4. The normalized spacial score (nSPS) is 18.1. The lowest BCUT2D eigenvalue weighted by Gasteiger charge is -2.12. The maximum absolute atomic E-state index is 2.34. The van der Waals surface area contributed by atoms with Crippen LogP contribution >= 0.6 is 0 Å². The molecule has 0 aliphatic heterocycles. The molecule has 0 saturated heterocycles. The van der Waals surface area contributed by atoms with Gasteiger partial charge in [0.1, 0.15) is 0 Å². The quantitative estimate of drug-likeness (QED) is 0.551. The molecular formula is C13H22. The van der Waals surface area contributed by atoms with Crippen molar-refractivity contribution in [2.75, 3.05) is 0 Å². The third-order valence-electron chi connectivity index (χ3n) is 2.69. The lowest BCUT2D eigenvalue weighted by atomic mass is 9.95. The third kappa shape index (κ3) is 4.92. The van der Waals surface area contributed by atoms with E-state index in [1.807, 2.05) is 0 Å². The Morgan fingerprint density at radius 3 is 2.62 bits per heavy atom. The van der Waals surface area contributed by atoms with Gasteiger partial charge in [-0.2, -0.15) is 0 Å². The van der Waals surface area contributed by atoms with Gasteiger partial charge >= 0.3 is 0 Å². The fraction of sp³-hybridized carbons (Fsp3) is 0.692. The van der Waals surface area contributed by atoms with Crippen LogP contribution in [-0.2, 0) is 0 Å². The summed E-state index contributed by atoms with van der Waals surface area (Å²) in [6.45, 7) is 2.24. The van der Waals surface area contributed by atoms with Crippen LogP contribution in [0.3, 0.4) is 0 Å². The fourth-order valence-electron chi connectivity index (χ4n) is 1.79. The lowest BCUT2D eigenvalue weighted by molar-refractivity contribution is 0.599. The highest BCUT2D eigenvalue weighted by Gasteiger charge is 2.02. The summed E-state index contributed by atoms with van der Waals surface area (Å²) in [5, 5.41) is 0. The maximum atomic E-state index is 2.34. The molecule has 1 fully saturated rings. The van der Waals surface area contributed by atoms with Gasteiger partial charge in [0.15, 0.2) is 0 Å². The van der Waals surface area contributed by atoms with Crippen molar-refractivity contribution in [1.82, 2.24) is 0 Å². The van der Waals surface area contributed by atoms with Crippen molar-refractivity contribution in [2.24, 2.45) is 0 Å². The molecule has 0 amide bonds. The summed E-state index contributed by atoms with van der Waals surface area (Å²) in [7, 11) is 0. The van der Waals surface area contributed by atoms with E-state index in [0.717, 1.165) is 0 Å². The first-order valence-corrected chi connectivity index (χ1v) is 5.78. The van der Waals surface area contributed by atoms with Crippen LogP contribution in [0.15, 0.2) is 23.8 Å². The van der Waals surface area contributed by atoms with E-state index in [9.17, 15) is 0 Å². The predicted octanol–water partition coefficient (Wildman–Crippen LogP) is 4.62. The van der Waals surface area contributed by atoms with E-state index in [2.05, 4.69) is 25.2 Å². The van der Waals surface area contributed by atoms with Crippen molar-refractivity contribution in [3.05, 3.63) is 23.8 Å². The lowest BCUT2D eigenvalue weighted by Crippen LogP contribution is -1.92. The molecule has 74 valence electrons. The van der Waals surface area contributed by atoms with Crippen LogP contribution in [0.4, 0.5) is 0 Å². The molecule has 0 aromatic rings. The zero-order valence-corrected chi connectivity index (χ0v) is 8.89. The molecule has 0 heteroatoms. The smallest absolute Gasteiger partial charge is 0.0317 e. The van der Waals surface area contributed by atoms with Gasteiger partial charge in [0.2, 0.25) is 0 Å². The van der Waals surface area contributed by atoms with E-state index >= 15 is 0 Å². The minimum absolute atomic E-state index is 1.25. The van der Waals surface area contributed by atoms with Crippen LogP contribution in [0.25, 0.3) is 0 Å². The van der Waals surface area contributed by atoms with Crippen molar-refractivity contribution >= 4 is 0 Å². The first kappa shape index (κ1) is 10.6. The second-order valence-electron chi connectivity index (χ2n) is 3.96. The van der Waals surface area contributed by atoms with Gasteiger partial charge in [-0.1, -0.05) is 50.0 Å². The van der Waals surface area contributed by atoms with Crippen LogP contribution in [0, 0.1) is 0 Å². The Bertz CT molecular complexity index is 166. The molecule has 1 rings (SSSR count). The molecule has 0 bridgehead atoms. The molecule has 0 atom stereocenters. The Kier molecular flexibility index (Phi) is 5.64. The zero-order chi connectivity index (χ0) is 9.36. The first-order chi connectivity index (χ1) is 6.43. The zero-order valence-electron chi connectivity index (χ0n) is 8.89. The summed E-state index contributed by atoms with van der Waals surface area (Å²) in [5.74, 6) is 0. The van der Waals surface area contributed by atoms with E-state index in [-0.39, 0.29) is 0 Å². The molecular weight excluding hydrogens is 156 g/mol. The summed E-state index contributed by atoms with van der Waals surface area (Å²) >= 11 is 0. The van der Waals surface area contributed by atoms with Gasteiger partial charge in [0.25, 0.3) is 0 Å². The van der Waals surface area contributed by atoms with E-state index in [4.69, 9.17) is 0 Å². The molecule has 1 aliphatic carbocycles. The van der Waals surface area contributed by atoms with Crippen LogP contribution in [0.2, 0.25) is 0 Å². The molecule has 0 radical (unpaired) electrons. The molecule has 0 aromatic heterocycles. The molecule has 0 heterocycles. The summed E-state index contributed by atoms with van der Waals surface area (Å²) < 4.78 is 0. The van der Waals surface area contributed by atoms with Gasteiger partial charge in [0.05, 0.1) is 0 Å². The summed E-state index contributed by atoms with van der Waals surface area (Å²) in [6.07, 6.45) is 17.8. The number of hydrogen-bond acceptors (Lipinski definition) is 0. The summed E-state index contributed by atoms with van der Waals surface area (Å²) in [5.41, 5.74) is 1.67. The average Bonchev–Trinajstić information content (AvgIpc) is 2.19. The van der Waals surface area contributed by atoms with Crippen molar-refractivity contribution in [3.63, 3.8) is 0 Å². The van der Waals surface area contributed by atoms with E-state index < -0.39 is 0 Å². The average molecular weight is 178 g/mol. The summed E-state index contributed by atoms with van der Waals surface area (Å²) in [4.78, 5) is 0. The van der Waals surface area contributed by atoms with E-state index in [0.29, 0.717) is 0 Å². The third-order valence-corrected chi connectivity index (χ3v) is 2.69. The molecule has 13 heavy (non-hydrogen) atoms. The predicted molar refractivity (Wildman–Crippen MR) is 59.8 cm³/mol. The minimum Gasteiger partial charge on any atom is -0.0845 e. The second-order valence-corrected chi connectivity index (χ2v) is 3.96. The minimum atomic E-state index is 1.25. The Hall–Kier alpha value is -0.520. The van der Waals surface area contributed by atoms with Crippen molar-refractivity contribution in [2.45, 2.75) is 58.3 Å². The van der Waals surface area contributed by atoms with Gasteiger partial charge in [0, 0.05) is 0 Å². The Morgan fingerprint density at radius 1 is 1.15 bits per heavy atom. The van der Waals surface area contributed by atoms with Gasteiger partial charge in [-0.3, -0.25) is 0 Å². The van der Waals surface area contributed by atoms with Gasteiger partial charge in [-0.05, 0) is 32.1 Å². The first-order valence-electron chi connectivity index (χ1n) is 5.78. The molecule has 0 aromatic carbocycles. The number of allylic oxidation sites excluding steroid dienone is 4. The van der Waals surface area contributed by atoms with Crippen LogP contribution in [0.1, 0.15) is 58.3 Å². The van der Waals surface area contributed by atoms with Crippen LogP contribution in [0.5, 0.6) is 0 Å². The topological polar surface area (TPSA) is 0 Å². The van der Waals surface area contributed by atoms with E-state index in [1.165, 1.54) is 51.4 Å². The molecule has 1 saturated carbocycles. The molecule has 0 nitrogen and oxygen atoms in total. The Labute approximate surface area is 82.7 Å². The van der Waals surface area contributed by atoms with Crippen molar-refractivity contribution in [3.8, 4) is 0 Å². The Balaban J connectivity index is 2.17. The Morgan fingerprint density at radius 2 is 1.92 bits per heavy atom. The second kappa shape index (κ2) is 6.94. The highest BCUT2D eigenvalue weighted by molar-refractivity contribution is 5.13. The maximum Gasteiger partial charge on any atom is -0.0317 e. The fourth-order valence-corrected chi connectivity index (χ4v) is 1.79. The van der Waals surface area contributed by atoms with Crippen molar-refractivity contribution < 1.29 is 0 Å². The monoisotopic (exact) mass is 178 g/mol. The van der Waals surface area contributed by atoms with Crippen molar-refractivity contribution in [1.29, 1.82) is 0 Å². The molecule has 0 N–H and O–H groups in total.